The maximum absolute atomic E-state index is 5.92. The van der Waals surface area contributed by atoms with E-state index in [0.29, 0.717) is 6.61 Å². The Hall–Kier alpha value is -0.130. The fourth-order valence-corrected chi connectivity index (χ4v) is 3.02. The Morgan fingerprint density at radius 3 is 2.71 bits per heavy atom. The first-order valence-corrected chi connectivity index (χ1v) is 7.22. The molecule has 1 aromatic heterocycles. The van der Waals surface area contributed by atoms with Gasteiger partial charge in [0.25, 0.3) is 0 Å². The van der Waals surface area contributed by atoms with Crippen molar-refractivity contribution >= 4 is 22.9 Å². The normalized spacial score (nSPS) is 14.8. The lowest BCUT2D eigenvalue weighted by molar-refractivity contribution is 0.0283. The van der Waals surface area contributed by atoms with Crippen LogP contribution in [-0.4, -0.2) is 18.8 Å². The Balaban J connectivity index is 2.61. The maximum Gasteiger partial charge on any atom is 0.0931 e. The molecule has 0 saturated heterocycles. The summed E-state index contributed by atoms with van der Waals surface area (Å²) in [4.78, 5) is 1.23. The van der Waals surface area contributed by atoms with Crippen LogP contribution in [0.1, 0.15) is 31.6 Å². The van der Waals surface area contributed by atoms with Crippen molar-refractivity contribution in [2.45, 2.75) is 45.3 Å². The molecule has 1 rings (SSSR count). The second-order valence-corrected chi connectivity index (χ2v) is 5.77. The minimum atomic E-state index is 0.143. The van der Waals surface area contributed by atoms with Crippen LogP contribution in [0.3, 0.4) is 0 Å². The molecule has 0 spiro atoms. The molecule has 0 aliphatic heterocycles. The van der Waals surface area contributed by atoms with Gasteiger partial charge in [-0.3, -0.25) is 11.3 Å². The smallest absolute Gasteiger partial charge is 0.0931 e. The van der Waals surface area contributed by atoms with Gasteiger partial charge in [-0.05, 0) is 25.5 Å². The average molecular weight is 277 g/mol. The van der Waals surface area contributed by atoms with Crippen molar-refractivity contribution in [1.82, 2.24) is 5.43 Å². The van der Waals surface area contributed by atoms with Gasteiger partial charge in [-0.25, -0.2) is 0 Å². The van der Waals surface area contributed by atoms with Crippen molar-refractivity contribution in [3.05, 3.63) is 21.3 Å². The summed E-state index contributed by atoms with van der Waals surface area (Å²) in [7, 11) is 0. The largest absolute Gasteiger partial charge is 0.377 e. The third-order valence-electron chi connectivity index (χ3n) is 2.67. The fourth-order valence-electron chi connectivity index (χ4n) is 1.88. The lowest BCUT2D eigenvalue weighted by atomic mass is 10.0. The van der Waals surface area contributed by atoms with E-state index in [1.165, 1.54) is 4.88 Å². The summed E-state index contributed by atoms with van der Waals surface area (Å²) in [5.74, 6) is 5.63. The predicted octanol–water partition coefficient (Wildman–Crippen LogP) is 2.98. The van der Waals surface area contributed by atoms with Crippen molar-refractivity contribution in [3.8, 4) is 0 Å². The van der Waals surface area contributed by atoms with E-state index in [2.05, 4.69) is 12.3 Å². The highest BCUT2D eigenvalue weighted by molar-refractivity contribution is 7.16. The number of ether oxygens (including phenoxy) is 1. The van der Waals surface area contributed by atoms with Crippen LogP contribution in [0.5, 0.6) is 0 Å². The molecule has 3 nitrogen and oxygen atoms in total. The molecule has 0 aliphatic rings. The molecule has 2 atom stereocenters. The van der Waals surface area contributed by atoms with E-state index in [4.69, 9.17) is 22.2 Å². The van der Waals surface area contributed by atoms with E-state index in [-0.39, 0.29) is 12.1 Å². The second kappa shape index (κ2) is 8.06. The fraction of sp³-hybridized carbons (Fsp3) is 0.667. The third-order valence-corrected chi connectivity index (χ3v) is 3.92. The van der Waals surface area contributed by atoms with Gasteiger partial charge in [-0.15, -0.1) is 11.3 Å². The van der Waals surface area contributed by atoms with Gasteiger partial charge in [0.05, 0.1) is 16.5 Å². The lowest BCUT2D eigenvalue weighted by Crippen LogP contribution is -2.46. The van der Waals surface area contributed by atoms with Crippen molar-refractivity contribution in [2.75, 3.05) is 6.61 Å². The van der Waals surface area contributed by atoms with Crippen molar-refractivity contribution in [1.29, 1.82) is 0 Å². The monoisotopic (exact) mass is 276 g/mol. The van der Waals surface area contributed by atoms with E-state index in [9.17, 15) is 0 Å². The molecule has 2 unspecified atom stereocenters. The third kappa shape index (κ3) is 4.94. The van der Waals surface area contributed by atoms with E-state index in [1.54, 1.807) is 11.3 Å². The molecule has 3 N–H and O–H groups in total. The summed E-state index contributed by atoms with van der Waals surface area (Å²) in [5.41, 5.74) is 2.87. The topological polar surface area (TPSA) is 47.3 Å². The van der Waals surface area contributed by atoms with Crippen LogP contribution in [-0.2, 0) is 11.2 Å². The van der Waals surface area contributed by atoms with Gasteiger partial charge in [-0.1, -0.05) is 24.9 Å². The Morgan fingerprint density at radius 1 is 1.47 bits per heavy atom. The van der Waals surface area contributed by atoms with Gasteiger partial charge in [0.15, 0.2) is 0 Å². The molecule has 0 aliphatic carbocycles. The summed E-state index contributed by atoms with van der Waals surface area (Å²) < 4.78 is 6.56. The van der Waals surface area contributed by atoms with Gasteiger partial charge in [0, 0.05) is 17.9 Å². The van der Waals surface area contributed by atoms with Gasteiger partial charge in [0.1, 0.15) is 0 Å². The highest BCUT2D eigenvalue weighted by Gasteiger charge is 2.21. The quantitative estimate of drug-likeness (QED) is 0.567. The summed E-state index contributed by atoms with van der Waals surface area (Å²) in [6, 6.07) is 4.11. The number of nitrogens with two attached hydrogens (primary N) is 1. The van der Waals surface area contributed by atoms with Crippen LogP contribution in [0.2, 0.25) is 4.34 Å². The number of thiophene rings is 1. The molecule has 0 fully saturated rings. The van der Waals surface area contributed by atoms with Crippen LogP contribution < -0.4 is 11.3 Å². The van der Waals surface area contributed by atoms with Crippen LogP contribution in [0.25, 0.3) is 0 Å². The predicted molar refractivity (Wildman–Crippen MR) is 74.5 cm³/mol. The minimum Gasteiger partial charge on any atom is -0.377 e. The van der Waals surface area contributed by atoms with E-state index in [0.717, 1.165) is 23.6 Å². The molecule has 17 heavy (non-hydrogen) atoms. The van der Waals surface area contributed by atoms with E-state index >= 15 is 0 Å². The lowest BCUT2D eigenvalue weighted by Gasteiger charge is -2.25. The molecule has 1 heterocycles. The summed E-state index contributed by atoms with van der Waals surface area (Å²) in [5, 5.41) is 0. The van der Waals surface area contributed by atoms with Gasteiger partial charge < -0.3 is 4.74 Å². The highest BCUT2D eigenvalue weighted by Crippen LogP contribution is 2.23. The first kappa shape index (κ1) is 14.9. The van der Waals surface area contributed by atoms with Gasteiger partial charge in [-0.2, -0.15) is 0 Å². The zero-order valence-electron chi connectivity index (χ0n) is 10.4. The van der Waals surface area contributed by atoms with Crippen molar-refractivity contribution < 1.29 is 4.74 Å². The molecule has 1 aromatic rings. The highest BCUT2D eigenvalue weighted by atomic mass is 35.5. The van der Waals surface area contributed by atoms with E-state index < -0.39 is 0 Å². The van der Waals surface area contributed by atoms with Crippen LogP contribution in [0.15, 0.2) is 12.1 Å². The molecule has 0 amide bonds. The van der Waals surface area contributed by atoms with Gasteiger partial charge in [0.2, 0.25) is 0 Å². The summed E-state index contributed by atoms with van der Waals surface area (Å²) >= 11 is 7.52. The number of hydrogen-bond acceptors (Lipinski definition) is 4. The number of hydrogen-bond donors (Lipinski definition) is 2. The Bertz CT molecular complexity index is 313. The average Bonchev–Trinajstić information content (AvgIpc) is 2.72. The first-order chi connectivity index (χ1) is 8.21. The number of hydrazine groups is 1. The number of halogens is 1. The molecule has 0 saturated carbocycles. The van der Waals surface area contributed by atoms with Crippen LogP contribution >= 0.6 is 22.9 Å². The molecule has 5 heteroatoms. The molecule has 0 radical (unpaired) electrons. The SMILES string of the molecule is CCCC(OCC)C(Cc1ccc(Cl)s1)NN. The molecule has 98 valence electrons. The first-order valence-electron chi connectivity index (χ1n) is 6.03. The van der Waals surface area contributed by atoms with Crippen LogP contribution in [0, 0.1) is 0 Å². The standard InChI is InChI=1S/C12H21ClN2OS/c1-3-5-11(16-4-2)10(15-14)8-9-6-7-12(13)17-9/h6-7,10-11,15H,3-5,8,14H2,1-2H3. The van der Waals surface area contributed by atoms with Crippen molar-refractivity contribution in [2.24, 2.45) is 5.84 Å². The zero-order chi connectivity index (χ0) is 12.7. The Morgan fingerprint density at radius 2 is 2.24 bits per heavy atom. The Labute approximate surface area is 112 Å². The number of nitrogens with one attached hydrogen (secondary N) is 1. The minimum absolute atomic E-state index is 0.143. The molecular formula is C12H21ClN2OS. The molecule has 0 aromatic carbocycles. The van der Waals surface area contributed by atoms with E-state index in [1.807, 2.05) is 19.1 Å². The molecule has 0 bridgehead atoms. The van der Waals surface area contributed by atoms with Crippen LogP contribution in [0.4, 0.5) is 0 Å². The zero-order valence-corrected chi connectivity index (χ0v) is 12.0. The number of rotatable bonds is 8. The summed E-state index contributed by atoms with van der Waals surface area (Å²) in [6.07, 6.45) is 3.13. The van der Waals surface area contributed by atoms with Gasteiger partial charge >= 0.3 is 0 Å². The molecular weight excluding hydrogens is 256 g/mol. The maximum atomic E-state index is 5.92. The Kier molecular flexibility index (Phi) is 7.08. The summed E-state index contributed by atoms with van der Waals surface area (Å²) in [6.45, 7) is 4.88. The second-order valence-electron chi connectivity index (χ2n) is 3.97. The van der Waals surface area contributed by atoms with Crippen molar-refractivity contribution in [3.63, 3.8) is 0 Å².